The third kappa shape index (κ3) is 1.74. The third-order valence-electron chi connectivity index (χ3n) is 3.30. The van der Waals surface area contributed by atoms with Crippen LogP contribution >= 0.6 is 11.6 Å². The summed E-state index contributed by atoms with van der Waals surface area (Å²) in [6, 6.07) is 3.38. The van der Waals surface area contributed by atoms with Gasteiger partial charge in [0.15, 0.2) is 11.5 Å². The molecule has 0 spiro atoms. The van der Waals surface area contributed by atoms with Crippen LogP contribution in [0.1, 0.15) is 31.2 Å². The number of benzene rings is 1. The lowest BCUT2D eigenvalue weighted by atomic mass is 9.88. The fourth-order valence-corrected chi connectivity index (χ4v) is 2.78. The minimum absolute atomic E-state index is 0.0828. The van der Waals surface area contributed by atoms with E-state index in [4.69, 9.17) is 22.1 Å². The molecule has 0 bridgehead atoms. The number of methoxy groups -OCH3 is 1. The van der Waals surface area contributed by atoms with Crippen LogP contribution in [0.5, 0.6) is 11.5 Å². The summed E-state index contributed by atoms with van der Waals surface area (Å²) in [7, 11) is 1.52. The number of hydrogen-bond acceptors (Lipinski definition) is 3. The highest BCUT2D eigenvalue weighted by Crippen LogP contribution is 2.46. The number of rotatable bonds is 2. The van der Waals surface area contributed by atoms with Crippen molar-refractivity contribution in [1.82, 2.24) is 0 Å². The van der Waals surface area contributed by atoms with Crippen molar-refractivity contribution in [2.24, 2.45) is 5.73 Å². The SMILES string of the molecule is COc1ccc(Cl)c(C2(N)CCCC2)c1O. The van der Waals surface area contributed by atoms with Crippen molar-refractivity contribution in [2.45, 2.75) is 31.2 Å². The van der Waals surface area contributed by atoms with E-state index in [2.05, 4.69) is 0 Å². The van der Waals surface area contributed by atoms with Crippen molar-refractivity contribution in [1.29, 1.82) is 0 Å². The normalized spacial score (nSPS) is 18.7. The van der Waals surface area contributed by atoms with Crippen LogP contribution in [0.15, 0.2) is 12.1 Å². The summed E-state index contributed by atoms with van der Waals surface area (Å²) in [5, 5.41) is 10.6. The Balaban J connectivity index is 2.54. The van der Waals surface area contributed by atoms with Gasteiger partial charge in [-0.25, -0.2) is 0 Å². The molecule has 0 heterocycles. The van der Waals surface area contributed by atoms with Crippen LogP contribution in [0.2, 0.25) is 5.02 Å². The van der Waals surface area contributed by atoms with E-state index in [1.54, 1.807) is 12.1 Å². The van der Waals surface area contributed by atoms with Crippen LogP contribution in [0.3, 0.4) is 0 Å². The van der Waals surface area contributed by atoms with Gasteiger partial charge in [-0.2, -0.15) is 0 Å². The first-order chi connectivity index (χ1) is 7.58. The number of aromatic hydroxyl groups is 1. The average molecular weight is 242 g/mol. The van der Waals surface area contributed by atoms with Crippen LogP contribution in [0.25, 0.3) is 0 Å². The Morgan fingerprint density at radius 2 is 2.00 bits per heavy atom. The van der Waals surface area contributed by atoms with Gasteiger partial charge in [0.2, 0.25) is 0 Å². The van der Waals surface area contributed by atoms with Crippen LogP contribution in [0, 0.1) is 0 Å². The van der Waals surface area contributed by atoms with Gasteiger partial charge in [-0.05, 0) is 25.0 Å². The molecule has 1 fully saturated rings. The minimum atomic E-state index is -0.504. The Labute approximate surface area is 100 Å². The standard InChI is InChI=1S/C12H16ClNO2/c1-16-9-5-4-8(13)10(11(9)15)12(14)6-2-3-7-12/h4-5,15H,2-3,6-7,14H2,1H3. The van der Waals surface area contributed by atoms with E-state index >= 15 is 0 Å². The lowest BCUT2D eigenvalue weighted by Crippen LogP contribution is -2.33. The van der Waals surface area contributed by atoms with Gasteiger partial charge in [0.05, 0.1) is 7.11 Å². The molecule has 1 saturated carbocycles. The largest absolute Gasteiger partial charge is 0.504 e. The topological polar surface area (TPSA) is 55.5 Å². The van der Waals surface area contributed by atoms with Crippen LogP contribution in [0.4, 0.5) is 0 Å². The van der Waals surface area contributed by atoms with Gasteiger partial charge in [0, 0.05) is 16.1 Å². The molecule has 1 aliphatic carbocycles. The second-order valence-electron chi connectivity index (χ2n) is 4.34. The predicted molar refractivity (Wildman–Crippen MR) is 64.0 cm³/mol. The molecule has 88 valence electrons. The van der Waals surface area contributed by atoms with Crippen LogP contribution in [-0.4, -0.2) is 12.2 Å². The Kier molecular flexibility index (Phi) is 3.00. The molecule has 2 rings (SSSR count). The molecule has 0 radical (unpaired) electrons. The molecule has 0 aromatic heterocycles. The van der Waals surface area contributed by atoms with E-state index in [1.807, 2.05) is 0 Å². The van der Waals surface area contributed by atoms with Gasteiger partial charge < -0.3 is 15.6 Å². The van der Waals surface area contributed by atoms with Crippen molar-refractivity contribution in [3.05, 3.63) is 22.7 Å². The average Bonchev–Trinajstić information content (AvgIpc) is 2.66. The maximum atomic E-state index is 10.1. The Bertz CT molecular complexity index is 400. The zero-order valence-electron chi connectivity index (χ0n) is 9.29. The van der Waals surface area contributed by atoms with E-state index in [-0.39, 0.29) is 5.75 Å². The maximum Gasteiger partial charge on any atom is 0.164 e. The molecule has 1 aliphatic rings. The monoisotopic (exact) mass is 241 g/mol. The Morgan fingerprint density at radius 1 is 1.38 bits per heavy atom. The van der Waals surface area contributed by atoms with Crippen molar-refractivity contribution in [3.8, 4) is 11.5 Å². The molecule has 0 unspecified atom stereocenters. The molecule has 4 heteroatoms. The van der Waals surface area contributed by atoms with Gasteiger partial charge in [0.25, 0.3) is 0 Å². The highest BCUT2D eigenvalue weighted by atomic mass is 35.5. The van der Waals surface area contributed by atoms with Crippen molar-refractivity contribution in [3.63, 3.8) is 0 Å². The van der Waals surface area contributed by atoms with Gasteiger partial charge in [-0.1, -0.05) is 24.4 Å². The van der Waals surface area contributed by atoms with Crippen LogP contribution in [-0.2, 0) is 5.54 Å². The summed E-state index contributed by atoms with van der Waals surface area (Å²) < 4.78 is 5.08. The summed E-state index contributed by atoms with van der Waals surface area (Å²) in [5.41, 5.74) is 6.43. The fourth-order valence-electron chi connectivity index (χ4n) is 2.44. The molecule has 0 amide bonds. The van der Waals surface area contributed by atoms with Crippen molar-refractivity contribution < 1.29 is 9.84 Å². The number of phenolic OH excluding ortho intramolecular Hbond substituents is 1. The minimum Gasteiger partial charge on any atom is -0.504 e. The molecule has 1 aromatic carbocycles. The third-order valence-corrected chi connectivity index (χ3v) is 3.62. The predicted octanol–water partition coefficient (Wildman–Crippen LogP) is 2.78. The quantitative estimate of drug-likeness (QED) is 0.837. The number of ether oxygens (including phenoxy) is 1. The van der Waals surface area contributed by atoms with E-state index in [1.165, 1.54) is 7.11 Å². The molecule has 0 saturated heterocycles. The molecule has 16 heavy (non-hydrogen) atoms. The highest BCUT2D eigenvalue weighted by molar-refractivity contribution is 6.31. The maximum absolute atomic E-state index is 10.1. The zero-order chi connectivity index (χ0) is 11.8. The second-order valence-corrected chi connectivity index (χ2v) is 4.74. The molecular weight excluding hydrogens is 226 g/mol. The second kappa shape index (κ2) is 4.15. The highest BCUT2D eigenvalue weighted by Gasteiger charge is 2.36. The summed E-state index contributed by atoms with van der Waals surface area (Å²) in [6.45, 7) is 0. The van der Waals surface area contributed by atoms with Gasteiger partial charge in [-0.3, -0.25) is 0 Å². The van der Waals surface area contributed by atoms with Gasteiger partial charge in [0.1, 0.15) is 0 Å². The molecule has 1 aromatic rings. The van der Waals surface area contributed by atoms with Crippen molar-refractivity contribution in [2.75, 3.05) is 7.11 Å². The lowest BCUT2D eigenvalue weighted by molar-refractivity contribution is 0.355. The first-order valence-corrected chi connectivity index (χ1v) is 5.81. The van der Waals surface area contributed by atoms with Crippen LogP contribution < -0.4 is 10.5 Å². The number of phenols is 1. The van der Waals surface area contributed by atoms with Gasteiger partial charge in [-0.15, -0.1) is 0 Å². The van der Waals surface area contributed by atoms with Gasteiger partial charge >= 0.3 is 0 Å². The number of hydrogen-bond donors (Lipinski definition) is 2. The summed E-state index contributed by atoms with van der Waals surface area (Å²) >= 11 is 6.13. The molecule has 3 nitrogen and oxygen atoms in total. The summed E-state index contributed by atoms with van der Waals surface area (Å²) in [5.74, 6) is 0.510. The van der Waals surface area contributed by atoms with E-state index in [0.29, 0.717) is 16.3 Å². The number of halogens is 1. The molecule has 3 N–H and O–H groups in total. The van der Waals surface area contributed by atoms with E-state index in [9.17, 15) is 5.11 Å². The first kappa shape index (κ1) is 11.6. The lowest BCUT2D eigenvalue weighted by Gasteiger charge is -2.26. The number of nitrogens with two attached hydrogens (primary N) is 1. The first-order valence-electron chi connectivity index (χ1n) is 5.43. The molecule has 0 atom stereocenters. The zero-order valence-corrected chi connectivity index (χ0v) is 10.0. The molecular formula is C12H16ClNO2. The smallest absolute Gasteiger partial charge is 0.164 e. The van der Waals surface area contributed by atoms with E-state index < -0.39 is 5.54 Å². The van der Waals surface area contributed by atoms with Crippen molar-refractivity contribution >= 4 is 11.6 Å². The summed E-state index contributed by atoms with van der Waals surface area (Å²) in [6.07, 6.45) is 3.86. The Hall–Kier alpha value is -0.930. The molecule has 0 aliphatic heterocycles. The van der Waals surface area contributed by atoms with E-state index in [0.717, 1.165) is 25.7 Å². The Morgan fingerprint density at radius 3 is 2.56 bits per heavy atom. The summed E-state index contributed by atoms with van der Waals surface area (Å²) in [4.78, 5) is 0. The fraction of sp³-hybridized carbons (Fsp3) is 0.500.